The van der Waals surface area contributed by atoms with Crippen molar-refractivity contribution in [3.05, 3.63) is 35.9 Å². The van der Waals surface area contributed by atoms with Crippen LogP contribution in [0, 0.1) is 0 Å². The van der Waals surface area contributed by atoms with E-state index in [2.05, 4.69) is 12.2 Å². The van der Waals surface area contributed by atoms with Crippen LogP contribution >= 0.6 is 0 Å². The summed E-state index contributed by atoms with van der Waals surface area (Å²) >= 11 is 0. The maximum Gasteiger partial charge on any atom is 0.244 e. The molecule has 1 rings (SSSR count). The molecule has 19 heavy (non-hydrogen) atoms. The average molecular weight is 262 g/mol. The molecule has 3 N–H and O–H groups in total. The van der Waals surface area contributed by atoms with E-state index >= 15 is 0 Å². The van der Waals surface area contributed by atoms with Crippen LogP contribution < -0.4 is 11.1 Å². The van der Waals surface area contributed by atoms with Gasteiger partial charge in [0.1, 0.15) is 0 Å². The first-order chi connectivity index (χ1) is 9.22. The summed E-state index contributed by atoms with van der Waals surface area (Å²) in [6.45, 7) is 4.18. The van der Waals surface area contributed by atoms with Crippen molar-refractivity contribution in [1.29, 1.82) is 0 Å². The summed E-state index contributed by atoms with van der Waals surface area (Å²) in [6.07, 6.45) is 5.15. The maximum absolute atomic E-state index is 11.5. The third kappa shape index (κ3) is 7.26. The molecule has 1 aromatic rings. The molecule has 0 aliphatic carbocycles. The minimum Gasteiger partial charge on any atom is -0.399 e. The van der Waals surface area contributed by atoms with Gasteiger partial charge in [-0.2, -0.15) is 0 Å². The minimum atomic E-state index is -0.0904. The fourth-order valence-corrected chi connectivity index (χ4v) is 1.47. The van der Waals surface area contributed by atoms with E-state index in [0.717, 1.165) is 25.0 Å². The van der Waals surface area contributed by atoms with Gasteiger partial charge in [0.2, 0.25) is 5.91 Å². The Balaban J connectivity index is 2.18. The Morgan fingerprint density at radius 3 is 2.74 bits per heavy atom. The zero-order valence-corrected chi connectivity index (χ0v) is 11.4. The summed E-state index contributed by atoms with van der Waals surface area (Å²) in [5.41, 5.74) is 7.25. The zero-order valence-electron chi connectivity index (χ0n) is 11.4. The number of ether oxygens (including phenoxy) is 1. The number of amides is 1. The number of nitrogens with two attached hydrogens (primary N) is 1. The van der Waals surface area contributed by atoms with Gasteiger partial charge in [0, 0.05) is 31.5 Å². The molecule has 4 heteroatoms. The van der Waals surface area contributed by atoms with E-state index in [-0.39, 0.29) is 5.91 Å². The number of carbonyl (C=O) groups is 1. The van der Waals surface area contributed by atoms with Gasteiger partial charge in [-0.1, -0.05) is 19.1 Å². The highest BCUT2D eigenvalue weighted by atomic mass is 16.5. The van der Waals surface area contributed by atoms with Crippen LogP contribution in [0.2, 0.25) is 0 Å². The number of anilines is 1. The first kappa shape index (κ1) is 15.2. The molecule has 0 aliphatic rings. The first-order valence-electron chi connectivity index (χ1n) is 6.61. The second-order valence-electron chi connectivity index (χ2n) is 4.26. The lowest BCUT2D eigenvalue weighted by atomic mass is 10.2. The van der Waals surface area contributed by atoms with E-state index in [1.807, 2.05) is 24.3 Å². The Bertz CT molecular complexity index is 399. The van der Waals surface area contributed by atoms with Crippen molar-refractivity contribution >= 4 is 17.7 Å². The Hall–Kier alpha value is -1.81. The predicted octanol–water partition coefficient (Wildman–Crippen LogP) is 2.21. The van der Waals surface area contributed by atoms with Crippen molar-refractivity contribution in [2.45, 2.75) is 19.8 Å². The van der Waals surface area contributed by atoms with Crippen molar-refractivity contribution in [3.8, 4) is 0 Å². The molecule has 0 aromatic heterocycles. The smallest absolute Gasteiger partial charge is 0.244 e. The molecule has 0 bridgehead atoms. The number of nitrogen functional groups attached to an aromatic ring is 1. The fraction of sp³-hybridized carbons (Fsp3) is 0.400. The number of benzene rings is 1. The van der Waals surface area contributed by atoms with Crippen LogP contribution in [-0.2, 0) is 9.53 Å². The Kier molecular flexibility index (Phi) is 7.35. The molecule has 0 aliphatic heterocycles. The Labute approximate surface area is 114 Å². The van der Waals surface area contributed by atoms with Gasteiger partial charge in [-0.3, -0.25) is 4.79 Å². The van der Waals surface area contributed by atoms with Crippen LogP contribution in [0.4, 0.5) is 5.69 Å². The quantitative estimate of drug-likeness (QED) is 0.429. The van der Waals surface area contributed by atoms with Crippen molar-refractivity contribution in [1.82, 2.24) is 5.32 Å². The van der Waals surface area contributed by atoms with Crippen LogP contribution in [0.15, 0.2) is 30.3 Å². The number of hydrogen-bond acceptors (Lipinski definition) is 3. The summed E-state index contributed by atoms with van der Waals surface area (Å²) < 4.78 is 5.32. The van der Waals surface area contributed by atoms with E-state index in [9.17, 15) is 4.79 Å². The number of hydrogen-bond donors (Lipinski definition) is 2. The van der Waals surface area contributed by atoms with Crippen molar-refractivity contribution in [3.63, 3.8) is 0 Å². The van der Waals surface area contributed by atoms with Crippen LogP contribution in [0.3, 0.4) is 0 Å². The van der Waals surface area contributed by atoms with Gasteiger partial charge in [0.05, 0.1) is 0 Å². The molecule has 0 saturated carbocycles. The normalized spacial score (nSPS) is 10.8. The Morgan fingerprint density at radius 1 is 1.32 bits per heavy atom. The molecule has 0 atom stereocenters. The lowest BCUT2D eigenvalue weighted by Crippen LogP contribution is -2.23. The van der Waals surface area contributed by atoms with Crippen LogP contribution in [0.5, 0.6) is 0 Å². The van der Waals surface area contributed by atoms with Gasteiger partial charge in [0.25, 0.3) is 0 Å². The number of nitrogens with one attached hydrogen (secondary N) is 1. The predicted molar refractivity (Wildman–Crippen MR) is 78.6 cm³/mol. The van der Waals surface area contributed by atoms with Crippen molar-refractivity contribution < 1.29 is 9.53 Å². The van der Waals surface area contributed by atoms with Gasteiger partial charge < -0.3 is 15.8 Å². The first-order valence-corrected chi connectivity index (χ1v) is 6.61. The number of carbonyl (C=O) groups excluding carboxylic acids is 1. The highest BCUT2D eigenvalue weighted by Gasteiger charge is 1.95. The molecule has 1 aromatic carbocycles. The molecule has 0 fully saturated rings. The second kappa shape index (κ2) is 9.16. The molecule has 104 valence electrons. The zero-order chi connectivity index (χ0) is 13.9. The molecule has 0 heterocycles. The molecule has 0 radical (unpaired) electrons. The van der Waals surface area contributed by atoms with E-state index in [4.69, 9.17) is 10.5 Å². The van der Waals surface area contributed by atoms with E-state index in [0.29, 0.717) is 18.8 Å². The second-order valence-corrected chi connectivity index (χ2v) is 4.26. The molecular weight excluding hydrogens is 240 g/mol. The average Bonchev–Trinajstić information content (AvgIpc) is 2.42. The third-order valence-electron chi connectivity index (χ3n) is 2.48. The highest BCUT2D eigenvalue weighted by Crippen LogP contribution is 2.06. The van der Waals surface area contributed by atoms with E-state index in [1.165, 1.54) is 6.08 Å². The van der Waals surface area contributed by atoms with Crippen LogP contribution in [0.1, 0.15) is 25.3 Å². The summed E-state index contributed by atoms with van der Waals surface area (Å²) in [5.74, 6) is -0.0904. The summed E-state index contributed by atoms with van der Waals surface area (Å²) in [5, 5.41) is 2.81. The molecule has 1 amide bonds. The van der Waals surface area contributed by atoms with Gasteiger partial charge in [-0.25, -0.2) is 0 Å². The molecule has 4 nitrogen and oxygen atoms in total. The molecule has 0 spiro atoms. The lowest BCUT2D eigenvalue weighted by molar-refractivity contribution is -0.116. The number of rotatable bonds is 8. The maximum atomic E-state index is 11.5. The van der Waals surface area contributed by atoms with E-state index < -0.39 is 0 Å². The lowest BCUT2D eigenvalue weighted by Gasteiger charge is -2.03. The van der Waals surface area contributed by atoms with Crippen molar-refractivity contribution in [2.75, 3.05) is 25.5 Å². The van der Waals surface area contributed by atoms with Gasteiger partial charge >= 0.3 is 0 Å². The molecule has 0 saturated heterocycles. The van der Waals surface area contributed by atoms with Gasteiger partial charge in [-0.15, -0.1) is 0 Å². The molecule has 0 unspecified atom stereocenters. The van der Waals surface area contributed by atoms with Gasteiger partial charge in [0.15, 0.2) is 0 Å². The summed E-state index contributed by atoms with van der Waals surface area (Å²) in [6, 6.07) is 7.36. The topological polar surface area (TPSA) is 64.3 Å². The van der Waals surface area contributed by atoms with Crippen LogP contribution in [0.25, 0.3) is 6.08 Å². The fourth-order valence-electron chi connectivity index (χ4n) is 1.47. The standard InChI is InChI=1S/C15H22N2O2/c1-2-11-19-12-3-10-17-15(18)9-6-13-4-7-14(16)8-5-13/h4-9H,2-3,10-12,16H2,1H3,(H,17,18)/b9-6+. The summed E-state index contributed by atoms with van der Waals surface area (Å²) in [7, 11) is 0. The van der Waals surface area contributed by atoms with Crippen molar-refractivity contribution in [2.24, 2.45) is 0 Å². The van der Waals surface area contributed by atoms with Crippen LogP contribution in [-0.4, -0.2) is 25.7 Å². The largest absolute Gasteiger partial charge is 0.399 e. The highest BCUT2D eigenvalue weighted by molar-refractivity contribution is 5.91. The SMILES string of the molecule is CCCOCCCNC(=O)/C=C/c1ccc(N)cc1. The van der Waals surface area contributed by atoms with Gasteiger partial charge in [-0.05, 0) is 36.6 Å². The Morgan fingerprint density at radius 2 is 2.05 bits per heavy atom. The monoisotopic (exact) mass is 262 g/mol. The summed E-state index contributed by atoms with van der Waals surface area (Å²) in [4.78, 5) is 11.5. The third-order valence-corrected chi connectivity index (χ3v) is 2.48. The van der Waals surface area contributed by atoms with E-state index in [1.54, 1.807) is 6.08 Å². The molecular formula is C15H22N2O2. The minimum absolute atomic E-state index is 0.0904.